The van der Waals surface area contributed by atoms with Gasteiger partial charge >= 0.3 is 0 Å². The zero-order chi connectivity index (χ0) is 16.7. The average Bonchev–Trinajstić information content (AvgIpc) is 3.00. The predicted octanol–water partition coefficient (Wildman–Crippen LogP) is 1.37. The number of likely N-dealkylation sites (tertiary alicyclic amines) is 1. The van der Waals surface area contributed by atoms with Gasteiger partial charge < -0.3 is 19.7 Å². The first-order valence-corrected chi connectivity index (χ1v) is 8.49. The molecule has 4 rings (SSSR count). The van der Waals surface area contributed by atoms with Crippen LogP contribution in [0.1, 0.15) is 41.7 Å². The lowest BCUT2D eigenvalue weighted by atomic mass is 10.1. The zero-order valence-corrected chi connectivity index (χ0v) is 13.7. The van der Waals surface area contributed by atoms with Crippen molar-refractivity contribution in [2.75, 3.05) is 13.1 Å². The number of carbonyl (C=O) groups is 1. The van der Waals surface area contributed by atoms with E-state index in [9.17, 15) is 9.90 Å². The van der Waals surface area contributed by atoms with E-state index >= 15 is 0 Å². The Hall–Kier alpha value is -2.28. The van der Waals surface area contributed by atoms with Crippen LogP contribution in [-0.2, 0) is 6.54 Å². The maximum atomic E-state index is 12.8. The molecule has 2 N–H and O–H groups in total. The van der Waals surface area contributed by atoms with Gasteiger partial charge in [-0.05, 0) is 37.3 Å². The molecule has 1 saturated carbocycles. The van der Waals surface area contributed by atoms with Crippen LogP contribution in [0.5, 0.6) is 5.75 Å². The van der Waals surface area contributed by atoms with Crippen molar-refractivity contribution in [1.29, 1.82) is 0 Å². The topological polar surface area (TPSA) is 83.4 Å². The molecule has 1 amide bonds. The van der Waals surface area contributed by atoms with Gasteiger partial charge in [0.05, 0.1) is 25.5 Å². The summed E-state index contributed by atoms with van der Waals surface area (Å²) in [6.45, 7) is 3.42. The van der Waals surface area contributed by atoms with E-state index < -0.39 is 12.2 Å². The Morgan fingerprint density at radius 2 is 2.29 bits per heavy atom. The minimum absolute atomic E-state index is 0.0590. The summed E-state index contributed by atoms with van der Waals surface area (Å²) in [4.78, 5) is 17.5. The van der Waals surface area contributed by atoms with Crippen LogP contribution >= 0.6 is 0 Å². The van der Waals surface area contributed by atoms with Gasteiger partial charge in [-0.2, -0.15) is 5.10 Å². The quantitative estimate of drug-likeness (QED) is 0.867. The van der Waals surface area contributed by atoms with Crippen molar-refractivity contribution >= 4 is 5.91 Å². The molecular formula is C17H22N4O3. The minimum atomic E-state index is -0.696. The fraction of sp³-hybridized carbons (Fsp3) is 0.529. The number of aliphatic hydroxyl groups excluding tert-OH is 1. The fourth-order valence-electron chi connectivity index (χ4n) is 3.25. The van der Waals surface area contributed by atoms with E-state index in [-0.39, 0.29) is 12.5 Å². The minimum Gasteiger partial charge on any atom is -0.482 e. The third-order valence-electron chi connectivity index (χ3n) is 4.76. The molecule has 0 radical (unpaired) electrons. The molecule has 2 aromatic rings. The van der Waals surface area contributed by atoms with Gasteiger partial charge in [-0.1, -0.05) is 0 Å². The molecule has 2 atom stereocenters. The van der Waals surface area contributed by atoms with Crippen LogP contribution in [0.25, 0.3) is 0 Å². The van der Waals surface area contributed by atoms with Gasteiger partial charge in [-0.3, -0.25) is 9.48 Å². The van der Waals surface area contributed by atoms with Crippen molar-refractivity contribution in [3.8, 4) is 5.75 Å². The Morgan fingerprint density at radius 3 is 3.00 bits per heavy atom. The number of β-amino-alcohol motifs (C(OH)–C–C–N with tert-alkyl or cyclic N) is 1. The van der Waals surface area contributed by atoms with Gasteiger partial charge in [0.1, 0.15) is 17.9 Å². The third kappa shape index (κ3) is 2.80. The number of amides is 1. The van der Waals surface area contributed by atoms with Crippen molar-refractivity contribution in [3.63, 3.8) is 0 Å². The molecule has 0 unspecified atom stereocenters. The number of nitrogens with zero attached hydrogens (tertiary/aromatic N) is 3. The van der Waals surface area contributed by atoms with Crippen LogP contribution in [0.4, 0.5) is 0 Å². The number of hydrogen-bond donors (Lipinski definition) is 2. The van der Waals surface area contributed by atoms with E-state index in [1.54, 1.807) is 22.0 Å². The second-order valence-corrected chi connectivity index (χ2v) is 6.55. The summed E-state index contributed by atoms with van der Waals surface area (Å²) in [6.07, 6.45) is 6.42. The number of aliphatic hydroxyl groups is 1. The number of aryl methyl sites for hydroxylation is 1. The van der Waals surface area contributed by atoms with Gasteiger partial charge in [0.25, 0.3) is 5.91 Å². The molecule has 2 fully saturated rings. The standard InChI is InChI=1S/C17H22N4O3/c1-2-21-8-12(7-19-21)24-15-10-20(9-14(15)22)17(23)16-13(5-6-18-16)11-3-4-11/h5-8,11,14-15,18,22H,2-4,9-10H2,1H3/t14-,15-/m1/s1. The van der Waals surface area contributed by atoms with Crippen LogP contribution in [-0.4, -0.2) is 56.0 Å². The van der Waals surface area contributed by atoms with Gasteiger partial charge in [0.15, 0.2) is 5.75 Å². The number of nitrogens with one attached hydrogen (secondary N) is 1. The predicted molar refractivity (Wildman–Crippen MR) is 87.0 cm³/mol. The van der Waals surface area contributed by atoms with Gasteiger partial charge in [-0.25, -0.2) is 0 Å². The summed E-state index contributed by atoms with van der Waals surface area (Å²) < 4.78 is 7.58. The maximum Gasteiger partial charge on any atom is 0.270 e. The largest absolute Gasteiger partial charge is 0.482 e. The number of aromatic amines is 1. The van der Waals surface area contributed by atoms with E-state index in [1.165, 1.54) is 0 Å². The number of rotatable bonds is 5. The Morgan fingerprint density at radius 1 is 1.46 bits per heavy atom. The van der Waals surface area contributed by atoms with Crippen LogP contribution < -0.4 is 4.74 Å². The molecule has 0 spiro atoms. The zero-order valence-electron chi connectivity index (χ0n) is 13.7. The highest BCUT2D eigenvalue weighted by Crippen LogP contribution is 2.41. The molecule has 7 nitrogen and oxygen atoms in total. The highest BCUT2D eigenvalue weighted by atomic mass is 16.5. The third-order valence-corrected chi connectivity index (χ3v) is 4.76. The molecule has 2 aliphatic rings. The number of hydrogen-bond acceptors (Lipinski definition) is 4. The molecule has 2 aromatic heterocycles. The molecule has 24 heavy (non-hydrogen) atoms. The first-order valence-electron chi connectivity index (χ1n) is 8.49. The lowest BCUT2D eigenvalue weighted by Crippen LogP contribution is -2.31. The summed E-state index contributed by atoms with van der Waals surface area (Å²) >= 11 is 0. The van der Waals surface area contributed by atoms with Crippen LogP contribution in [0, 0.1) is 0 Å². The van der Waals surface area contributed by atoms with Crippen LogP contribution in [0.3, 0.4) is 0 Å². The molecule has 1 aliphatic carbocycles. The molecule has 1 saturated heterocycles. The number of carbonyl (C=O) groups excluding carboxylic acids is 1. The normalized spacial score (nSPS) is 23.7. The number of aromatic nitrogens is 3. The summed E-state index contributed by atoms with van der Waals surface area (Å²) in [7, 11) is 0. The van der Waals surface area contributed by atoms with E-state index in [0.717, 1.165) is 24.9 Å². The van der Waals surface area contributed by atoms with Crippen molar-refractivity contribution in [1.82, 2.24) is 19.7 Å². The fourth-order valence-corrected chi connectivity index (χ4v) is 3.25. The van der Waals surface area contributed by atoms with Crippen molar-refractivity contribution in [3.05, 3.63) is 35.9 Å². The molecule has 3 heterocycles. The molecule has 0 bridgehead atoms. The average molecular weight is 330 g/mol. The summed E-state index contributed by atoms with van der Waals surface area (Å²) in [5, 5.41) is 14.4. The van der Waals surface area contributed by atoms with Crippen molar-refractivity contribution < 1.29 is 14.6 Å². The Labute approximate surface area is 140 Å². The van der Waals surface area contributed by atoms with Gasteiger partial charge in [0, 0.05) is 12.7 Å². The summed E-state index contributed by atoms with van der Waals surface area (Å²) in [6, 6.07) is 1.99. The number of H-pyrrole nitrogens is 1. The lowest BCUT2D eigenvalue weighted by molar-refractivity contribution is 0.0728. The van der Waals surface area contributed by atoms with Crippen molar-refractivity contribution in [2.24, 2.45) is 0 Å². The first kappa shape index (κ1) is 15.3. The Kier molecular flexibility index (Phi) is 3.80. The Balaban J connectivity index is 1.44. The molecular weight excluding hydrogens is 308 g/mol. The monoisotopic (exact) mass is 330 g/mol. The lowest BCUT2D eigenvalue weighted by Gasteiger charge is -2.16. The first-order chi connectivity index (χ1) is 11.7. The van der Waals surface area contributed by atoms with Crippen molar-refractivity contribution in [2.45, 2.75) is 44.4 Å². The molecule has 1 aliphatic heterocycles. The van der Waals surface area contributed by atoms with Crippen LogP contribution in [0.2, 0.25) is 0 Å². The Bertz CT molecular complexity index is 734. The van der Waals surface area contributed by atoms with E-state index in [2.05, 4.69) is 10.1 Å². The van der Waals surface area contributed by atoms with Gasteiger partial charge in [-0.15, -0.1) is 0 Å². The smallest absolute Gasteiger partial charge is 0.270 e. The second kappa shape index (κ2) is 5.98. The highest BCUT2D eigenvalue weighted by Gasteiger charge is 2.38. The maximum absolute atomic E-state index is 12.8. The number of ether oxygens (including phenoxy) is 1. The van der Waals surface area contributed by atoms with E-state index in [1.807, 2.05) is 19.2 Å². The SMILES string of the molecule is CCn1cc(O[C@@H]2CN(C(=O)c3[nH]ccc3C3CC3)C[C@H]2O)cn1. The van der Waals surface area contributed by atoms with Gasteiger partial charge in [0.2, 0.25) is 0 Å². The molecule has 7 heteroatoms. The highest BCUT2D eigenvalue weighted by molar-refractivity contribution is 5.94. The van der Waals surface area contributed by atoms with E-state index in [4.69, 9.17) is 4.74 Å². The summed E-state index contributed by atoms with van der Waals surface area (Å²) in [5.41, 5.74) is 1.76. The second-order valence-electron chi connectivity index (χ2n) is 6.55. The van der Waals surface area contributed by atoms with Crippen LogP contribution in [0.15, 0.2) is 24.7 Å². The molecule has 0 aromatic carbocycles. The summed E-state index contributed by atoms with van der Waals surface area (Å²) in [5.74, 6) is 1.07. The van der Waals surface area contributed by atoms with E-state index in [0.29, 0.717) is 23.9 Å². The molecule has 128 valence electrons.